The minimum Gasteiger partial charge on any atom is -0.312 e. The van der Waals surface area contributed by atoms with Gasteiger partial charge in [-0.2, -0.15) is 0 Å². The SMILES string of the molecule is CCNC1C(N2CC(C)CC(C)C2)CCC1(C)C. The number of hydrogen-bond acceptors (Lipinski definition) is 2. The molecule has 0 aromatic rings. The Balaban J connectivity index is 2.07. The van der Waals surface area contributed by atoms with E-state index in [0.29, 0.717) is 11.5 Å². The molecule has 1 heterocycles. The molecule has 2 rings (SSSR count). The summed E-state index contributed by atoms with van der Waals surface area (Å²) in [6.45, 7) is 15.7. The van der Waals surface area contributed by atoms with Gasteiger partial charge in [0.25, 0.3) is 0 Å². The molecule has 18 heavy (non-hydrogen) atoms. The van der Waals surface area contributed by atoms with Gasteiger partial charge in [-0.25, -0.2) is 0 Å². The maximum atomic E-state index is 3.77. The summed E-state index contributed by atoms with van der Waals surface area (Å²) >= 11 is 0. The van der Waals surface area contributed by atoms with Gasteiger partial charge in [-0.3, -0.25) is 4.90 Å². The summed E-state index contributed by atoms with van der Waals surface area (Å²) in [6.07, 6.45) is 4.16. The third-order valence-electron chi connectivity index (χ3n) is 5.10. The van der Waals surface area contributed by atoms with Crippen LogP contribution in [0.2, 0.25) is 0 Å². The topological polar surface area (TPSA) is 15.3 Å². The van der Waals surface area contributed by atoms with Gasteiger partial charge in [0.2, 0.25) is 0 Å². The number of nitrogens with one attached hydrogen (secondary N) is 1. The van der Waals surface area contributed by atoms with E-state index in [4.69, 9.17) is 0 Å². The van der Waals surface area contributed by atoms with Crippen molar-refractivity contribution in [2.24, 2.45) is 17.3 Å². The molecule has 0 aromatic carbocycles. The van der Waals surface area contributed by atoms with Gasteiger partial charge in [-0.05, 0) is 43.1 Å². The van der Waals surface area contributed by atoms with Crippen LogP contribution in [-0.2, 0) is 0 Å². The Hall–Kier alpha value is -0.0800. The number of rotatable bonds is 3. The molecule has 4 unspecified atom stereocenters. The van der Waals surface area contributed by atoms with E-state index in [1.807, 2.05) is 0 Å². The van der Waals surface area contributed by atoms with Gasteiger partial charge in [-0.15, -0.1) is 0 Å². The Morgan fingerprint density at radius 2 is 1.78 bits per heavy atom. The van der Waals surface area contributed by atoms with Crippen molar-refractivity contribution < 1.29 is 0 Å². The van der Waals surface area contributed by atoms with E-state index in [2.05, 4.69) is 44.8 Å². The first kappa shape index (κ1) is 14.3. The lowest BCUT2D eigenvalue weighted by molar-refractivity contribution is 0.0734. The number of likely N-dealkylation sites (N-methyl/N-ethyl adjacent to an activating group) is 1. The molecule has 1 saturated carbocycles. The maximum absolute atomic E-state index is 3.77. The van der Waals surface area contributed by atoms with E-state index in [1.165, 1.54) is 32.4 Å². The molecule has 0 spiro atoms. The second-order valence-corrected chi connectivity index (χ2v) is 7.53. The Labute approximate surface area is 114 Å². The first-order valence-corrected chi connectivity index (χ1v) is 7.91. The first-order valence-electron chi connectivity index (χ1n) is 7.91. The zero-order valence-electron chi connectivity index (χ0n) is 13.0. The Morgan fingerprint density at radius 1 is 1.17 bits per heavy atom. The van der Waals surface area contributed by atoms with Gasteiger partial charge in [-0.1, -0.05) is 34.6 Å². The van der Waals surface area contributed by atoms with Crippen molar-refractivity contribution in [1.82, 2.24) is 10.2 Å². The number of likely N-dealkylation sites (tertiary alicyclic amines) is 1. The molecule has 2 heteroatoms. The monoisotopic (exact) mass is 252 g/mol. The van der Waals surface area contributed by atoms with Crippen LogP contribution in [0, 0.1) is 17.3 Å². The van der Waals surface area contributed by atoms with Crippen LogP contribution >= 0.6 is 0 Å². The predicted molar refractivity (Wildman–Crippen MR) is 78.8 cm³/mol. The zero-order valence-corrected chi connectivity index (χ0v) is 13.0. The molecule has 2 nitrogen and oxygen atoms in total. The van der Waals surface area contributed by atoms with Gasteiger partial charge in [0.05, 0.1) is 0 Å². The predicted octanol–water partition coefficient (Wildman–Crippen LogP) is 3.13. The zero-order chi connectivity index (χ0) is 13.3. The molecular formula is C16H32N2. The van der Waals surface area contributed by atoms with Gasteiger partial charge in [0, 0.05) is 25.2 Å². The van der Waals surface area contributed by atoms with Crippen LogP contribution in [0.25, 0.3) is 0 Å². The lowest BCUT2D eigenvalue weighted by atomic mass is 9.85. The van der Waals surface area contributed by atoms with Crippen LogP contribution in [-0.4, -0.2) is 36.6 Å². The van der Waals surface area contributed by atoms with Gasteiger partial charge >= 0.3 is 0 Å². The largest absolute Gasteiger partial charge is 0.312 e. The minimum absolute atomic E-state index is 0.463. The molecule has 0 amide bonds. The maximum Gasteiger partial charge on any atom is 0.0274 e. The minimum atomic E-state index is 0.463. The van der Waals surface area contributed by atoms with E-state index in [0.717, 1.165) is 24.4 Å². The summed E-state index contributed by atoms with van der Waals surface area (Å²) in [5.41, 5.74) is 0.463. The molecule has 1 N–H and O–H groups in total. The summed E-state index contributed by atoms with van der Waals surface area (Å²) in [5.74, 6) is 1.75. The number of nitrogens with zero attached hydrogens (tertiary/aromatic N) is 1. The highest BCUT2D eigenvalue weighted by atomic mass is 15.2. The Kier molecular flexibility index (Phi) is 4.38. The van der Waals surface area contributed by atoms with E-state index in [-0.39, 0.29) is 0 Å². The standard InChI is InChI=1S/C16H32N2/c1-6-17-15-14(7-8-16(15,4)5)18-10-12(2)9-13(3)11-18/h12-15,17H,6-11H2,1-5H3. The van der Waals surface area contributed by atoms with E-state index in [1.54, 1.807) is 0 Å². The van der Waals surface area contributed by atoms with Crippen LogP contribution in [0.4, 0.5) is 0 Å². The number of piperidine rings is 1. The quantitative estimate of drug-likeness (QED) is 0.830. The molecule has 2 fully saturated rings. The second-order valence-electron chi connectivity index (χ2n) is 7.53. The lowest BCUT2D eigenvalue weighted by Gasteiger charge is -2.43. The first-order chi connectivity index (χ1) is 8.44. The molecule has 0 radical (unpaired) electrons. The van der Waals surface area contributed by atoms with Crippen molar-refractivity contribution in [2.45, 2.75) is 66.0 Å². The molecule has 0 bridgehead atoms. The van der Waals surface area contributed by atoms with Crippen molar-refractivity contribution in [3.8, 4) is 0 Å². The third kappa shape index (κ3) is 2.91. The summed E-state index contributed by atoms with van der Waals surface area (Å²) in [4.78, 5) is 2.79. The highest BCUT2D eigenvalue weighted by Gasteiger charge is 2.44. The average Bonchev–Trinajstić information content (AvgIpc) is 2.54. The lowest BCUT2D eigenvalue weighted by Crippen LogP contribution is -2.55. The van der Waals surface area contributed by atoms with Gasteiger partial charge in [0.15, 0.2) is 0 Å². The van der Waals surface area contributed by atoms with Crippen molar-refractivity contribution in [1.29, 1.82) is 0 Å². The van der Waals surface area contributed by atoms with Crippen molar-refractivity contribution >= 4 is 0 Å². The highest BCUT2D eigenvalue weighted by molar-refractivity contribution is 5.01. The summed E-state index contributed by atoms with van der Waals surface area (Å²) in [5, 5.41) is 3.77. The van der Waals surface area contributed by atoms with Crippen LogP contribution in [0.5, 0.6) is 0 Å². The molecular weight excluding hydrogens is 220 g/mol. The Bertz CT molecular complexity index is 264. The van der Waals surface area contributed by atoms with Crippen LogP contribution in [0.15, 0.2) is 0 Å². The van der Waals surface area contributed by atoms with Crippen LogP contribution in [0.1, 0.15) is 53.9 Å². The van der Waals surface area contributed by atoms with Crippen LogP contribution < -0.4 is 5.32 Å². The molecule has 0 aromatic heterocycles. The van der Waals surface area contributed by atoms with Crippen LogP contribution in [0.3, 0.4) is 0 Å². The molecule has 106 valence electrons. The summed E-state index contributed by atoms with van der Waals surface area (Å²) < 4.78 is 0. The van der Waals surface area contributed by atoms with Gasteiger partial charge in [0.1, 0.15) is 0 Å². The van der Waals surface area contributed by atoms with E-state index >= 15 is 0 Å². The Morgan fingerprint density at radius 3 is 2.33 bits per heavy atom. The normalized spacial score (nSPS) is 41.2. The average molecular weight is 252 g/mol. The van der Waals surface area contributed by atoms with E-state index in [9.17, 15) is 0 Å². The smallest absolute Gasteiger partial charge is 0.0274 e. The number of hydrogen-bond donors (Lipinski definition) is 1. The molecule has 1 aliphatic carbocycles. The van der Waals surface area contributed by atoms with E-state index < -0.39 is 0 Å². The van der Waals surface area contributed by atoms with Gasteiger partial charge < -0.3 is 5.32 Å². The molecule has 4 atom stereocenters. The fraction of sp³-hybridized carbons (Fsp3) is 1.00. The molecule has 1 aliphatic heterocycles. The summed E-state index contributed by atoms with van der Waals surface area (Å²) in [6, 6.07) is 1.45. The van der Waals surface area contributed by atoms with Crippen molar-refractivity contribution in [3.05, 3.63) is 0 Å². The van der Waals surface area contributed by atoms with Crippen molar-refractivity contribution in [2.75, 3.05) is 19.6 Å². The fourth-order valence-corrected chi connectivity index (χ4v) is 4.37. The molecule has 2 aliphatic rings. The fourth-order valence-electron chi connectivity index (χ4n) is 4.37. The van der Waals surface area contributed by atoms with Crippen molar-refractivity contribution in [3.63, 3.8) is 0 Å². The molecule has 1 saturated heterocycles. The second kappa shape index (κ2) is 5.50. The summed E-state index contributed by atoms with van der Waals surface area (Å²) in [7, 11) is 0. The highest BCUT2D eigenvalue weighted by Crippen LogP contribution is 2.41. The third-order valence-corrected chi connectivity index (χ3v) is 5.10.